The number of nitrogens with zero attached hydrogens (tertiary/aromatic N) is 1. The fourth-order valence-corrected chi connectivity index (χ4v) is 6.37. The third kappa shape index (κ3) is 6.55. The molecule has 10 heteroatoms. The van der Waals surface area contributed by atoms with Crippen molar-refractivity contribution in [2.75, 3.05) is 5.32 Å². The van der Waals surface area contributed by atoms with E-state index in [0.29, 0.717) is 29.1 Å². The second-order valence-corrected chi connectivity index (χ2v) is 11.2. The number of aryl methyl sites for hydroxylation is 1. The fraction of sp³-hybridized carbons (Fsp3) is 0.440. The highest BCUT2D eigenvalue weighted by Gasteiger charge is 2.31. The molecule has 1 aromatic carbocycles. The van der Waals surface area contributed by atoms with Crippen molar-refractivity contribution in [3.8, 4) is 16.2 Å². The Hall–Kier alpha value is -2.59. The van der Waals surface area contributed by atoms with Crippen LogP contribution >= 0.6 is 22.7 Å². The van der Waals surface area contributed by atoms with E-state index in [1.165, 1.54) is 34.8 Å². The Morgan fingerprint density at radius 2 is 1.89 bits per heavy atom. The van der Waals surface area contributed by atoms with E-state index in [9.17, 15) is 23.1 Å². The third-order valence-corrected chi connectivity index (χ3v) is 8.30. The average molecular weight is 525 g/mol. The summed E-state index contributed by atoms with van der Waals surface area (Å²) in [7, 11) is 0. The van der Waals surface area contributed by atoms with Crippen LogP contribution in [0.15, 0.2) is 30.3 Å². The van der Waals surface area contributed by atoms with Crippen LogP contribution in [0.5, 0.6) is 5.75 Å². The number of nitrogens with one attached hydrogen (secondary N) is 1. The minimum Gasteiger partial charge on any atom is -0.477 e. The number of aromatic carboxylic acids is 1. The first-order valence-corrected chi connectivity index (χ1v) is 13.2. The first kappa shape index (κ1) is 25.5. The number of hydrogen-bond donors (Lipinski definition) is 2. The van der Waals surface area contributed by atoms with Crippen LogP contribution in [0.4, 0.5) is 24.0 Å². The van der Waals surface area contributed by atoms with E-state index >= 15 is 0 Å². The number of carboxylic acid groups (broad SMARTS) is 1. The molecule has 0 amide bonds. The smallest absolute Gasteiger partial charge is 0.477 e. The molecule has 2 N–H and O–H groups in total. The Morgan fingerprint density at radius 1 is 1.20 bits per heavy atom. The summed E-state index contributed by atoms with van der Waals surface area (Å²) in [5.74, 6) is -0.400. The zero-order chi connectivity index (χ0) is 25.2. The summed E-state index contributed by atoms with van der Waals surface area (Å²) in [5, 5.41) is 13.5. The van der Waals surface area contributed by atoms with E-state index < -0.39 is 12.3 Å². The molecular weight excluding hydrogens is 497 g/mol. The molecule has 2 aromatic heterocycles. The van der Waals surface area contributed by atoms with Gasteiger partial charge < -0.3 is 15.2 Å². The Morgan fingerprint density at radius 3 is 2.49 bits per heavy atom. The molecule has 1 saturated carbocycles. The van der Waals surface area contributed by atoms with Crippen LogP contribution in [0.2, 0.25) is 0 Å². The topological polar surface area (TPSA) is 71.5 Å². The van der Waals surface area contributed by atoms with Gasteiger partial charge in [0, 0.05) is 4.88 Å². The molecule has 0 spiro atoms. The number of aromatic nitrogens is 1. The monoisotopic (exact) mass is 524 g/mol. The zero-order valence-electron chi connectivity index (χ0n) is 19.4. The predicted octanol–water partition coefficient (Wildman–Crippen LogP) is 8.46. The van der Waals surface area contributed by atoms with Crippen LogP contribution in [0.25, 0.3) is 10.4 Å². The van der Waals surface area contributed by atoms with Gasteiger partial charge in [0.05, 0.1) is 16.3 Å². The summed E-state index contributed by atoms with van der Waals surface area (Å²) < 4.78 is 41.6. The van der Waals surface area contributed by atoms with Gasteiger partial charge in [0.1, 0.15) is 10.6 Å². The van der Waals surface area contributed by atoms with Gasteiger partial charge in [-0.2, -0.15) is 0 Å². The number of thiazole rings is 1. The van der Waals surface area contributed by atoms with Crippen molar-refractivity contribution in [2.45, 2.75) is 64.7 Å². The molecule has 0 bridgehead atoms. The third-order valence-electron chi connectivity index (χ3n) is 5.95. The zero-order valence-corrected chi connectivity index (χ0v) is 21.1. The molecule has 3 aromatic rings. The molecule has 0 saturated heterocycles. The van der Waals surface area contributed by atoms with E-state index in [4.69, 9.17) is 4.98 Å². The van der Waals surface area contributed by atoms with Crippen LogP contribution in [0, 0.1) is 5.92 Å². The lowest BCUT2D eigenvalue weighted by atomic mass is 10.0. The van der Waals surface area contributed by atoms with Gasteiger partial charge in [0.15, 0.2) is 5.13 Å². The number of alkyl halides is 3. The predicted molar refractivity (Wildman–Crippen MR) is 133 cm³/mol. The van der Waals surface area contributed by atoms with Gasteiger partial charge >= 0.3 is 12.3 Å². The molecule has 0 radical (unpaired) electrons. The Bertz CT molecular complexity index is 1160. The molecule has 4 rings (SSSR count). The molecule has 0 atom stereocenters. The van der Waals surface area contributed by atoms with Crippen molar-refractivity contribution in [3.05, 3.63) is 45.8 Å². The van der Waals surface area contributed by atoms with Crippen molar-refractivity contribution in [1.29, 1.82) is 0 Å². The van der Waals surface area contributed by atoms with Gasteiger partial charge in [-0.25, -0.2) is 9.78 Å². The van der Waals surface area contributed by atoms with Gasteiger partial charge in [-0.15, -0.1) is 24.5 Å². The summed E-state index contributed by atoms with van der Waals surface area (Å²) >= 11 is 2.69. The van der Waals surface area contributed by atoms with Gasteiger partial charge in [-0.05, 0) is 73.4 Å². The van der Waals surface area contributed by atoms with Crippen LogP contribution < -0.4 is 10.1 Å². The van der Waals surface area contributed by atoms with Crippen LogP contribution in [-0.2, 0) is 6.42 Å². The lowest BCUT2D eigenvalue weighted by molar-refractivity contribution is -0.274. The standard InChI is InChI=1S/C25H27F3N2O3S2/c1-14(2)7-12-18-21(16-8-10-17(11-9-16)33-25(26,27)28)35-24(29-18)30-19-13-20(15-5-3-4-6-15)34-22(19)23(31)32/h8-11,13-15H,3-7,12H2,1-2H3,(H,29,30)(H,31,32). The summed E-state index contributed by atoms with van der Waals surface area (Å²) in [6, 6.07) is 7.68. The highest BCUT2D eigenvalue weighted by molar-refractivity contribution is 7.19. The lowest BCUT2D eigenvalue weighted by Crippen LogP contribution is -2.16. The van der Waals surface area contributed by atoms with Crippen molar-refractivity contribution in [3.63, 3.8) is 0 Å². The highest BCUT2D eigenvalue weighted by atomic mass is 32.1. The van der Waals surface area contributed by atoms with Crippen LogP contribution in [0.1, 0.15) is 72.1 Å². The number of hydrogen-bond acceptors (Lipinski definition) is 6. The van der Waals surface area contributed by atoms with Gasteiger partial charge in [-0.3, -0.25) is 0 Å². The number of thiophene rings is 1. The molecule has 2 heterocycles. The highest BCUT2D eigenvalue weighted by Crippen LogP contribution is 2.43. The van der Waals surface area contributed by atoms with E-state index in [2.05, 4.69) is 23.9 Å². The summed E-state index contributed by atoms with van der Waals surface area (Å²) in [6.45, 7) is 4.23. The molecule has 35 heavy (non-hydrogen) atoms. The van der Waals surface area contributed by atoms with Gasteiger partial charge in [0.25, 0.3) is 0 Å². The molecule has 0 aliphatic heterocycles. The number of carboxylic acids is 1. The molecule has 1 aliphatic rings. The molecule has 5 nitrogen and oxygen atoms in total. The summed E-state index contributed by atoms with van der Waals surface area (Å²) in [5.41, 5.74) is 2.10. The fourth-order valence-electron chi connectivity index (χ4n) is 4.22. The number of carbonyl (C=O) groups is 1. The molecule has 0 unspecified atom stereocenters. The molecule has 188 valence electrons. The second-order valence-electron chi connectivity index (χ2n) is 9.10. The van der Waals surface area contributed by atoms with Crippen molar-refractivity contribution in [2.24, 2.45) is 5.92 Å². The van der Waals surface area contributed by atoms with Gasteiger partial charge in [0.2, 0.25) is 0 Å². The van der Waals surface area contributed by atoms with E-state index in [1.807, 2.05) is 6.07 Å². The van der Waals surface area contributed by atoms with Crippen molar-refractivity contribution in [1.82, 2.24) is 4.98 Å². The van der Waals surface area contributed by atoms with E-state index in [0.717, 1.165) is 53.1 Å². The number of ether oxygens (including phenoxy) is 1. The number of rotatable bonds is 9. The summed E-state index contributed by atoms with van der Waals surface area (Å²) in [4.78, 5) is 18.8. The number of benzene rings is 1. The Balaban J connectivity index is 1.63. The quantitative estimate of drug-likeness (QED) is 0.294. The number of halogens is 3. The van der Waals surface area contributed by atoms with E-state index in [-0.39, 0.29) is 10.6 Å². The normalized spacial score (nSPS) is 14.6. The Kier molecular flexibility index (Phi) is 7.70. The SMILES string of the molecule is CC(C)CCc1nc(Nc2cc(C3CCCC3)sc2C(=O)O)sc1-c1ccc(OC(F)(F)F)cc1. The Labute approximate surface area is 210 Å². The molecule has 1 aliphatic carbocycles. The minimum atomic E-state index is -4.74. The van der Waals surface area contributed by atoms with Crippen molar-refractivity contribution < 1.29 is 27.8 Å². The maximum atomic E-state index is 12.5. The first-order chi connectivity index (χ1) is 16.6. The maximum absolute atomic E-state index is 12.5. The van der Waals surface area contributed by atoms with E-state index in [1.54, 1.807) is 12.1 Å². The summed E-state index contributed by atoms with van der Waals surface area (Å²) in [6.07, 6.45) is 1.34. The molecular formula is C25H27F3N2O3S2. The first-order valence-electron chi connectivity index (χ1n) is 11.6. The number of anilines is 2. The van der Waals surface area contributed by atoms with Crippen LogP contribution in [0.3, 0.4) is 0 Å². The van der Waals surface area contributed by atoms with Crippen molar-refractivity contribution >= 4 is 39.5 Å². The largest absolute Gasteiger partial charge is 0.573 e. The second kappa shape index (κ2) is 10.6. The lowest BCUT2D eigenvalue weighted by Gasteiger charge is -2.09. The van der Waals surface area contributed by atoms with Gasteiger partial charge in [-0.1, -0.05) is 38.0 Å². The maximum Gasteiger partial charge on any atom is 0.573 e. The minimum absolute atomic E-state index is 0.265. The molecule has 1 fully saturated rings. The average Bonchev–Trinajstić information content (AvgIpc) is 3.51. The van der Waals surface area contributed by atoms with Crippen LogP contribution in [-0.4, -0.2) is 22.4 Å².